The van der Waals surface area contributed by atoms with Crippen LogP contribution in [-0.4, -0.2) is 0 Å². The smallest absolute Gasteiger partial charge is 0.521 e. The Kier molecular flexibility index (Phi) is 945. The van der Waals surface area contributed by atoms with Gasteiger partial charge in [0.25, 0.3) is 0 Å². The van der Waals surface area contributed by atoms with E-state index in [0.29, 0.717) is 0 Å². The van der Waals surface area contributed by atoms with Crippen LogP contribution in [0.2, 0.25) is 0 Å². The molecule has 0 aliphatic carbocycles. The summed E-state index contributed by atoms with van der Waals surface area (Å²) in [6, 6.07) is 0. The van der Waals surface area contributed by atoms with Gasteiger partial charge in [0.1, 0.15) is 0 Å². The van der Waals surface area contributed by atoms with Crippen LogP contribution in [0.25, 0.3) is 0 Å². The predicted molar refractivity (Wildman–Crippen MR) is 16.3 cm³/mol. The molecule has 0 N–H and O–H groups in total. The summed E-state index contributed by atoms with van der Waals surface area (Å²) < 4.78 is 0. The second-order valence-electron chi connectivity index (χ2n) is 0. The molecule has 0 heterocycles. The Morgan fingerprint density at radius 2 is 1.25 bits per heavy atom. The molecule has 0 aromatic heterocycles. The largest absolute Gasteiger partial charge is 2.00 e. The van der Waals surface area contributed by atoms with Gasteiger partial charge in [-0.3, -0.25) is 6.58 Å². The van der Waals surface area contributed by atoms with Gasteiger partial charge in [-0.05, 0) is 0 Å². The molecule has 0 radical (unpaired) electrons. The van der Waals surface area contributed by atoms with Crippen LogP contribution in [-0.2, 0) is 19.5 Å². The van der Waals surface area contributed by atoms with E-state index in [-0.39, 0.29) is 26.9 Å². The molecule has 0 saturated carbocycles. The Hall–Kier alpha value is 0.363. The van der Waals surface area contributed by atoms with Crippen LogP contribution >= 0.6 is 0 Å². The minimum absolute atomic E-state index is 0. The van der Waals surface area contributed by atoms with Crippen molar-refractivity contribution in [3.8, 4) is 0 Å². The Morgan fingerprint density at radius 1 is 1.25 bits per heavy atom. The SMILES string of the molecule is [CH-]=C.[CH3-].[Zn+2]. The fraction of sp³-hybridized carbons (Fsp3) is 0. The molecule has 0 aliphatic heterocycles. The molecule has 4 heavy (non-hydrogen) atoms. The fourth-order valence-corrected chi connectivity index (χ4v) is 0. The maximum absolute atomic E-state index is 4.25. The van der Waals surface area contributed by atoms with E-state index in [1.807, 2.05) is 0 Å². The molecular formula is C3H6Zn. The first-order valence-corrected chi connectivity index (χ1v) is 0.408. The van der Waals surface area contributed by atoms with Crippen LogP contribution in [0.4, 0.5) is 0 Å². The maximum Gasteiger partial charge on any atom is 2.00 e. The van der Waals surface area contributed by atoms with Gasteiger partial charge >= 0.3 is 19.5 Å². The van der Waals surface area contributed by atoms with E-state index in [1.54, 1.807) is 0 Å². The minimum atomic E-state index is 0. The zero-order valence-corrected chi connectivity index (χ0v) is 5.96. The molecule has 0 fully saturated rings. The van der Waals surface area contributed by atoms with E-state index < -0.39 is 0 Å². The normalized spacial score (nSPS) is 1.00. The Morgan fingerprint density at radius 3 is 1.25 bits per heavy atom. The maximum atomic E-state index is 4.25. The fourth-order valence-electron chi connectivity index (χ4n) is 0. The standard InChI is InChI=1S/C2H3.CH3.Zn/c1-2;;/h1H,2H2;1H3;/q2*-1;+2. The second-order valence-corrected chi connectivity index (χ2v) is 0. The molecule has 0 amide bonds. The molecule has 0 spiro atoms. The molecule has 0 saturated heterocycles. The summed E-state index contributed by atoms with van der Waals surface area (Å²) in [7, 11) is 0. The van der Waals surface area contributed by atoms with Gasteiger partial charge in [0.05, 0.1) is 0 Å². The van der Waals surface area contributed by atoms with Crippen molar-refractivity contribution in [2.45, 2.75) is 0 Å². The molecule has 0 aromatic carbocycles. The van der Waals surface area contributed by atoms with Crippen LogP contribution in [0.15, 0.2) is 6.58 Å². The van der Waals surface area contributed by atoms with Crippen LogP contribution in [0.3, 0.4) is 0 Å². The number of rotatable bonds is 0. The van der Waals surface area contributed by atoms with Crippen LogP contribution in [0.1, 0.15) is 0 Å². The average molecular weight is 107 g/mol. The van der Waals surface area contributed by atoms with E-state index in [2.05, 4.69) is 13.2 Å². The molecule has 0 aromatic rings. The summed E-state index contributed by atoms with van der Waals surface area (Å²) >= 11 is 0. The van der Waals surface area contributed by atoms with Crippen molar-refractivity contribution in [1.29, 1.82) is 0 Å². The van der Waals surface area contributed by atoms with Crippen molar-refractivity contribution in [2.24, 2.45) is 0 Å². The average Bonchev–Trinajstić information content (AvgIpc) is 1.00. The Labute approximate surface area is 40.7 Å². The first kappa shape index (κ1) is 26.6. The summed E-state index contributed by atoms with van der Waals surface area (Å²) in [6.07, 6.45) is 0. The zero-order valence-electron chi connectivity index (χ0n) is 2.99. The summed E-state index contributed by atoms with van der Waals surface area (Å²) in [5.41, 5.74) is 0. The monoisotopic (exact) mass is 106 g/mol. The molecule has 0 bridgehead atoms. The molecule has 0 aliphatic rings. The molecule has 0 rings (SSSR count). The van der Waals surface area contributed by atoms with Gasteiger partial charge < -0.3 is 14.0 Å². The molecule has 0 atom stereocenters. The Balaban J connectivity index is -0.00000000500. The Bertz CT molecular complexity index is 3.25. The zero-order chi connectivity index (χ0) is 2.00. The minimum Gasteiger partial charge on any atom is -0.521 e. The molecule has 0 nitrogen and oxygen atoms in total. The van der Waals surface area contributed by atoms with E-state index in [1.165, 1.54) is 0 Å². The quantitative estimate of drug-likeness (QED) is 0.321. The van der Waals surface area contributed by atoms with Gasteiger partial charge in [0, 0.05) is 0 Å². The first-order chi connectivity index (χ1) is 1.00. The van der Waals surface area contributed by atoms with E-state index in [9.17, 15) is 0 Å². The summed E-state index contributed by atoms with van der Waals surface area (Å²) in [6.45, 7) is 7.00. The van der Waals surface area contributed by atoms with Gasteiger partial charge in [-0.15, -0.1) is 0 Å². The van der Waals surface area contributed by atoms with Crippen molar-refractivity contribution in [1.82, 2.24) is 0 Å². The summed E-state index contributed by atoms with van der Waals surface area (Å²) in [5, 5.41) is 0. The summed E-state index contributed by atoms with van der Waals surface area (Å²) in [5.74, 6) is 0. The van der Waals surface area contributed by atoms with Gasteiger partial charge in [-0.25, -0.2) is 0 Å². The first-order valence-electron chi connectivity index (χ1n) is 0.408. The third kappa shape index (κ3) is 33.3. The van der Waals surface area contributed by atoms with E-state index in [0.717, 1.165) is 0 Å². The third-order valence-corrected chi connectivity index (χ3v) is 0. The van der Waals surface area contributed by atoms with Gasteiger partial charge in [0.2, 0.25) is 0 Å². The second kappa shape index (κ2) is 142. The van der Waals surface area contributed by atoms with Gasteiger partial charge in [-0.1, -0.05) is 0 Å². The molecule has 20 valence electrons. The number of hydrogen-bond donors (Lipinski definition) is 0. The van der Waals surface area contributed by atoms with Gasteiger partial charge in [0.15, 0.2) is 0 Å². The number of hydrogen-bond acceptors (Lipinski definition) is 0. The van der Waals surface area contributed by atoms with Gasteiger partial charge in [-0.2, -0.15) is 0 Å². The van der Waals surface area contributed by atoms with Crippen molar-refractivity contribution in [2.75, 3.05) is 0 Å². The van der Waals surface area contributed by atoms with Crippen LogP contribution in [0, 0.1) is 14.0 Å². The van der Waals surface area contributed by atoms with Crippen LogP contribution in [0.5, 0.6) is 0 Å². The third-order valence-electron chi connectivity index (χ3n) is 0. The van der Waals surface area contributed by atoms with Crippen LogP contribution < -0.4 is 0 Å². The molecule has 0 unspecified atom stereocenters. The van der Waals surface area contributed by atoms with Crippen molar-refractivity contribution >= 4 is 0 Å². The van der Waals surface area contributed by atoms with Crippen molar-refractivity contribution < 1.29 is 19.5 Å². The van der Waals surface area contributed by atoms with E-state index >= 15 is 0 Å². The predicted octanol–water partition coefficient (Wildman–Crippen LogP) is 1.05. The van der Waals surface area contributed by atoms with E-state index in [4.69, 9.17) is 0 Å². The summed E-state index contributed by atoms with van der Waals surface area (Å²) in [4.78, 5) is 0. The van der Waals surface area contributed by atoms with Crippen molar-refractivity contribution in [3.05, 3.63) is 20.6 Å². The topological polar surface area (TPSA) is 0 Å². The molecular weight excluding hydrogens is 101 g/mol. The van der Waals surface area contributed by atoms with Crippen molar-refractivity contribution in [3.63, 3.8) is 0 Å². The molecule has 1 heteroatoms.